The zero-order chi connectivity index (χ0) is 9.31. The van der Waals surface area contributed by atoms with Crippen LogP contribution in [0.5, 0.6) is 0 Å². The van der Waals surface area contributed by atoms with E-state index in [1.54, 1.807) is 0 Å². The summed E-state index contributed by atoms with van der Waals surface area (Å²) in [7, 11) is 0. The molecule has 0 N–H and O–H groups in total. The lowest BCUT2D eigenvalue weighted by atomic mass is 10.1. The van der Waals surface area contributed by atoms with E-state index in [9.17, 15) is 0 Å². The molecule has 0 radical (unpaired) electrons. The van der Waals surface area contributed by atoms with Crippen molar-refractivity contribution >= 4 is 0 Å². The van der Waals surface area contributed by atoms with Gasteiger partial charge in [-0.2, -0.15) is 0 Å². The summed E-state index contributed by atoms with van der Waals surface area (Å²) >= 11 is 0. The van der Waals surface area contributed by atoms with Crippen LogP contribution in [0.2, 0.25) is 0 Å². The van der Waals surface area contributed by atoms with Gasteiger partial charge in [0.15, 0.2) is 5.79 Å². The van der Waals surface area contributed by atoms with Crippen LogP contribution in [0.4, 0.5) is 0 Å². The molecule has 0 bridgehead atoms. The summed E-state index contributed by atoms with van der Waals surface area (Å²) in [4.78, 5) is 0. The molecule has 2 rings (SSSR count). The predicted molar refractivity (Wildman–Crippen MR) is 51.4 cm³/mol. The van der Waals surface area contributed by atoms with Crippen LogP contribution in [0.3, 0.4) is 0 Å². The fourth-order valence-corrected chi connectivity index (χ4v) is 1.92. The van der Waals surface area contributed by atoms with Crippen molar-refractivity contribution in [2.45, 2.75) is 45.0 Å². The van der Waals surface area contributed by atoms with Crippen molar-refractivity contribution in [2.24, 2.45) is 5.92 Å². The first kappa shape index (κ1) is 9.22. The zero-order valence-electron chi connectivity index (χ0n) is 8.45. The Labute approximate surface area is 79.9 Å². The first-order valence-electron chi connectivity index (χ1n) is 5.23. The lowest BCUT2D eigenvalue weighted by Gasteiger charge is -2.33. The highest BCUT2D eigenvalue weighted by Crippen LogP contribution is 2.35. The van der Waals surface area contributed by atoms with Gasteiger partial charge in [0.25, 0.3) is 0 Å². The standard InChI is InChI=1S/C11H18O2/c1-9(2)10-5-7-11(13-10)6-3-4-8-12-11/h5,7,9-10H,3-4,6,8H2,1-2H3/t10-,11+/m0/s1. The molecular weight excluding hydrogens is 164 g/mol. The van der Waals surface area contributed by atoms with Crippen molar-refractivity contribution in [3.05, 3.63) is 12.2 Å². The van der Waals surface area contributed by atoms with E-state index in [0.29, 0.717) is 5.92 Å². The molecule has 1 saturated heterocycles. The van der Waals surface area contributed by atoms with Gasteiger partial charge < -0.3 is 9.47 Å². The van der Waals surface area contributed by atoms with Crippen LogP contribution in [0.25, 0.3) is 0 Å². The van der Waals surface area contributed by atoms with Crippen molar-refractivity contribution < 1.29 is 9.47 Å². The molecule has 0 saturated carbocycles. The van der Waals surface area contributed by atoms with E-state index in [1.807, 2.05) is 0 Å². The van der Waals surface area contributed by atoms with Gasteiger partial charge in [0.2, 0.25) is 0 Å². The monoisotopic (exact) mass is 182 g/mol. The Hall–Kier alpha value is -0.340. The van der Waals surface area contributed by atoms with E-state index in [0.717, 1.165) is 13.0 Å². The molecule has 2 aliphatic rings. The maximum Gasteiger partial charge on any atom is 0.188 e. The highest BCUT2D eigenvalue weighted by Gasteiger charge is 2.38. The fraction of sp³-hybridized carbons (Fsp3) is 0.818. The van der Waals surface area contributed by atoms with Gasteiger partial charge in [0.1, 0.15) is 0 Å². The largest absolute Gasteiger partial charge is 0.346 e. The molecule has 2 aliphatic heterocycles. The summed E-state index contributed by atoms with van der Waals surface area (Å²) in [6.45, 7) is 5.20. The van der Waals surface area contributed by atoms with E-state index in [4.69, 9.17) is 9.47 Å². The Kier molecular flexibility index (Phi) is 2.43. The van der Waals surface area contributed by atoms with Gasteiger partial charge >= 0.3 is 0 Å². The van der Waals surface area contributed by atoms with Crippen LogP contribution in [0.15, 0.2) is 12.2 Å². The highest BCUT2D eigenvalue weighted by molar-refractivity contribution is 5.08. The van der Waals surface area contributed by atoms with E-state index in [1.165, 1.54) is 12.8 Å². The van der Waals surface area contributed by atoms with Gasteiger partial charge in [-0.05, 0) is 24.8 Å². The lowest BCUT2D eigenvalue weighted by Crippen LogP contribution is -2.37. The van der Waals surface area contributed by atoms with E-state index in [-0.39, 0.29) is 11.9 Å². The molecule has 0 unspecified atom stereocenters. The molecule has 1 spiro atoms. The van der Waals surface area contributed by atoms with Crippen molar-refractivity contribution in [1.29, 1.82) is 0 Å². The molecule has 0 amide bonds. The van der Waals surface area contributed by atoms with E-state index >= 15 is 0 Å². The molecule has 0 aliphatic carbocycles. The van der Waals surface area contributed by atoms with Crippen LogP contribution in [-0.2, 0) is 9.47 Å². The molecule has 2 nitrogen and oxygen atoms in total. The van der Waals surface area contributed by atoms with Crippen LogP contribution >= 0.6 is 0 Å². The summed E-state index contributed by atoms with van der Waals surface area (Å²) in [6, 6.07) is 0. The molecule has 0 aromatic carbocycles. The Morgan fingerprint density at radius 3 is 2.77 bits per heavy atom. The van der Waals surface area contributed by atoms with E-state index < -0.39 is 0 Å². The van der Waals surface area contributed by atoms with Crippen molar-refractivity contribution in [1.82, 2.24) is 0 Å². The van der Waals surface area contributed by atoms with E-state index in [2.05, 4.69) is 26.0 Å². The second-order valence-electron chi connectivity index (χ2n) is 4.30. The smallest absolute Gasteiger partial charge is 0.188 e. The SMILES string of the molecule is CC(C)[C@@H]1C=C[C@@]2(CCCCO2)O1. The molecular formula is C11H18O2. The fourth-order valence-electron chi connectivity index (χ4n) is 1.92. The molecule has 2 atom stereocenters. The third kappa shape index (κ3) is 1.79. The van der Waals surface area contributed by atoms with Gasteiger partial charge in [-0.1, -0.05) is 19.9 Å². The third-order valence-electron chi connectivity index (χ3n) is 2.80. The molecule has 2 heteroatoms. The predicted octanol–water partition coefficient (Wildman–Crippen LogP) is 2.49. The maximum atomic E-state index is 5.92. The number of hydrogen-bond acceptors (Lipinski definition) is 2. The van der Waals surface area contributed by atoms with Crippen LogP contribution in [0.1, 0.15) is 33.1 Å². The first-order valence-corrected chi connectivity index (χ1v) is 5.23. The topological polar surface area (TPSA) is 18.5 Å². The zero-order valence-corrected chi connectivity index (χ0v) is 8.45. The van der Waals surface area contributed by atoms with Crippen molar-refractivity contribution in [3.63, 3.8) is 0 Å². The Bertz CT molecular complexity index is 202. The van der Waals surface area contributed by atoms with Gasteiger partial charge in [-0.25, -0.2) is 0 Å². The average Bonchev–Trinajstić information content (AvgIpc) is 2.51. The Balaban J connectivity index is 2.00. The van der Waals surface area contributed by atoms with Gasteiger partial charge in [0, 0.05) is 6.42 Å². The van der Waals surface area contributed by atoms with Crippen LogP contribution in [0, 0.1) is 5.92 Å². The van der Waals surface area contributed by atoms with Crippen molar-refractivity contribution in [3.8, 4) is 0 Å². The molecule has 1 fully saturated rings. The third-order valence-corrected chi connectivity index (χ3v) is 2.80. The second-order valence-corrected chi connectivity index (χ2v) is 4.30. The molecule has 13 heavy (non-hydrogen) atoms. The summed E-state index contributed by atoms with van der Waals surface area (Å²) in [5.74, 6) is 0.189. The quantitative estimate of drug-likeness (QED) is 0.580. The van der Waals surface area contributed by atoms with Crippen LogP contribution in [-0.4, -0.2) is 18.5 Å². The normalized spacial score (nSPS) is 39.2. The Morgan fingerprint density at radius 1 is 1.38 bits per heavy atom. The average molecular weight is 182 g/mol. The maximum absolute atomic E-state index is 5.92. The minimum atomic E-state index is -0.354. The summed E-state index contributed by atoms with van der Waals surface area (Å²) in [6.07, 6.45) is 7.91. The molecule has 0 aromatic heterocycles. The Morgan fingerprint density at radius 2 is 2.23 bits per heavy atom. The summed E-state index contributed by atoms with van der Waals surface area (Å²) in [5, 5.41) is 0. The minimum absolute atomic E-state index is 0.248. The molecule has 74 valence electrons. The second kappa shape index (κ2) is 3.43. The summed E-state index contributed by atoms with van der Waals surface area (Å²) < 4.78 is 11.6. The lowest BCUT2D eigenvalue weighted by molar-refractivity contribution is -0.231. The van der Waals surface area contributed by atoms with Gasteiger partial charge in [-0.3, -0.25) is 0 Å². The van der Waals surface area contributed by atoms with Crippen LogP contribution < -0.4 is 0 Å². The number of rotatable bonds is 1. The number of hydrogen-bond donors (Lipinski definition) is 0. The minimum Gasteiger partial charge on any atom is -0.346 e. The van der Waals surface area contributed by atoms with Gasteiger partial charge in [-0.15, -0.1) is 0 Å². The number of ether oxygens (including phenoxy) is 2. The summed E-state index contributed by atoms with van der Waals surface area (Å²) in [5.41, 5.74) is 0. The molecule has 2 heterocycles. The van der Waals surface area contributed by atoms with Crippen molar-refractivity contribution in [2.75, 3.05) is 6.61 Å². The first-order chi connectivity index (χ1) is 6.22. The highest BCUT2D eigenvalue weighted by atomic mass is 16.7. The molecule has 0 aromatic rings. The van der Waals surface area contributed by atoms with Gasteiger partial charge in [0.05, 0.1) is 12.7 Å².